The van der Waals surface area contributed by atoms with Gasteiger partial charge in [-0.25, -0.2) is 4.98 Å². The van der Waals surface area contributed by atoms with E-state index in [1.807, 2.05) is 30.3 Å². The zero-order valence-electron chi connectivity index (χ0n) is 11.8. The topological polar surface area (TPSA) is 33.1 Å². The van der Waals surface area contributed by atoms with Crippen LogP contribution < -0.4 is 0 Å². The van der Waals surface area contributed by atoms with E-state index in [9.17, 15) is 5.11 Å². The molecule has 0 bridgehead atoms. The van der Waals surface area contributed by atoms with Gasteiger partial charge in [0.2, 0.25) is 0 Å². The van der Waals surface area contributed by atoms with Crippen molar-refractivity contribution in [2.24, 2.45) is 0 Å². The molecule has 0 spiro atoms. The lowest BCUT2D eigenvalue weighted by Gasteiger charge is -2.19. The fourth-order valence-electron chi connectivity index (χ4n) is 2.16. The van der Waals surface area contributed by atoms with Gasteiger partial charge in [-0.3, -0.25) is 0 Å². The maximum absolute atomic E-state index is 10.1. The highest BCUT2D eigenvalue weighted by Crippen LogP contribution is 2.37. The van der Waals surface area contributed by atoms with E-state index in [4.69, 9.17) is 0 Å². The third-order valence-corrected chi connectivity index (χ3v) is 4.46. The Morgan fingerprint density at radius 1 is 1.05 bits per heavy atom. The number of phenols is 1. The Morgan fingerprint density at radius 3 is 2.50 bits per heavy atom. The fraction of sp³-hybridized carbons (Fsp3) is 0.235. The molecular formula is C17H17NOS. The van der Waals surface area contributed by atoms with E-state index >= 15 is 0 Å². The second-order valence-electron chi connectivity index (χ2n) is 5.97. The van der Waals surface area contributed by atoms with Crippen LogP contribution in [0.5, 0.6) is 5.75 Å². The molecule has 2 aromatic carbocycles. The third-order valence-electron chi connectivity index (χ3n) is 3.39. The summed E-state index contributed by atoms with van der Waals surface area (Å²) in [7, 11) is 0. The minimum Gasteiger partial charge on any atom is -0.507 e. The molecule has 1 heterocycles. The second-order valence-corrected chi connectivity index (χ2v) is 7.00. The van der Waals surface area contributed by atoms with Crippen LogP contribution in [0.4, 0.5) is 0 Å². The van der Waals surface area contributed by atoms with Gasteiger partial charge >= 0.3 is 0 Å². The number of thiazole rings is 1. The first-order valence-corrected chi connectivity index (χ1v) is 7.46. The van der Waals surface area contributed by atoms with Crippen molar-refractivity contribution in [3.63, 3.8) is 0 Å². The maximum Gasteiger partial charge on any atom is 0.128 e. The van der Waals surface area contributed by atoms with Crippen molar-refractivity contribution in [1.82, 2.24) is 4.98 Å². The van der Waals surface area contributed by atoms with Crippen LogP contribution >= 0.6 is 11.3 Å². The Hall–Kier alpha value is -1.87. The quantitative estimate of drug-likeness (QED) is 0.684. The highest BCUT2D eigenvalue weighted by molar-refractivity contribution is 7.21. The van der Waals surface area contributed by atoms with Crippen molar-refractivity contribution in [2.45, 2.75) is 26.2 Å². The summed E-state index contributed by atoms with van der Waals surface area (Å²) in [6.07, 6.45) is 0. The van der Waals surface area contributed by atoms with Crippen LogP contribution in [-0.2, 0) is 5.41 Å². The summed E-state index contributed by atoms with van der Waals surface area (Å²) >= 11 is 1.61. The molecule has 3 aromatic rings. The van der Waals surface area contributed by atoms with Gasteiger partial charge in [0.05, 0.1) is 15.8 Å². The van der Waals surface area contributed by atoms with E-state index in [2.05, 4.69) is 31.8 Å². The van der Waals surface area contributed by atoms with E-state index < -0.39 is 0 Å². The van der Waals surface area contributed by atoms with Gasteiger partial charge in [-0.1, -0.05) is 39.0 Å². The predicted octanol–water partition coefficient (Wildman–Crippen LogP) is 4.97. The molecule has 0 aliphatic carbocycles. The van der Waals surface area contributed by atoms with Gasteiger partial charge in [0.1, 0.15) is 10.8 Å². The van der Waals surface area contributed by atoms with Crippen LogP contribution in [0.1, 0.15) is 26.3 Å². The molecule has 1 N–H and O–H groups in total. The number of benzene rings is 2. The van der Waals surface area contributed by atoms with Gasteiger partial charge in [-0.15, -0.1) is 11.3 Å². The average Bonchev–Trinajstić information content (AvgIpc) is 2.81. The number of phenolic OH excluding ortho intramolecular Hbond substituents is 1. The minimum absolute atomic E-state index is 0.0547. The number of hydrogen-bond donors (Lipinski definition) is 1. The zero-order valence-corrected chi connectivity index (χ0v) is 12.7. The third kappa shape index (κ3) is 2.29. The molecule has 0 fully saturated rings. The summed E-state index contributed by atoms with van der Waals surface area (Å²) in [4.78, 5) is 4.63. The number of aromatic hydroxyl groups is 1. The lowest BCUT2D eigenvalue weighted by Crippen LogP contribution is -2.10. The molecule has 0 aliphatic rings. The van der Waals surface area contributed by atoms with Crippen LogP contribution in [0.15, 0.2) is 42.5 Å². The molecule has 3 rings (SSSR count). The molecule has 1 aromatic heterocycles. The zero-order chi connectivity index (χ0) is 14.3. The first kappa shape index (κ1) is 13.1. The predicted molar refractivity (Wildman–Crippen MR) is 85.4 cm³/mol. The number of para-hydroxylation sites is 1. The molecule has 0 amide bonds. The lowest BCUT2D eigenvalue weighted by molar-refractivity contribution is 0.476. The van der Waals surface area contributed by atoms with Gasteiger partial charge < -0.3 is 5.11 Å². The van der Waals surface area contributed by atoms with Crippen molar-refractivity contribution < 1.29 is 5.11 Å². The number of aromatic nitrogens is 1. The number of rotatable bonds is 1. The largest absolute Gasteiger partial charge is 0.507 e. The molecule has 0 unspecified atom stereocenters. The van der Waals surface area contributed by atoms with Gasteiger partial charge in [0.15, 0.2) is 0 Å². The molecule has 0 saturated heterocycles. The molecule has 20 heavy (non-hydrogen) atoms. The molecule has 102 valence electrons. The van der Waals surface area contributed by atoms with Crippen LogP contribution in [0.25, 0.3) is 20.8 Å². The van der Waals surface area contributed by atoms with Crippen molar-refractivity contribution in [2.75, 3.05) is 0 Å². The van der Waals surface area contributed by atoms with Crippen LogP contribution in [0, 0.1) is 0 Å². The summed E-state index contributed by atoms with van der Waals surface area (Å²) in [5.41, 5.74) is 3.05. The van der Waals surface area contributed by atoms with Gasteiger partial charge in [0, 0.05) is 0 Å². The molecule has 2 nitrogen and oxygen atoms in total. The van der Waals surface area contributed by atoms with Crippen LogP contribution in [0.2, 0.25) is 0 Å². The van der Waals surface area contributed by atoms with Crippen LogP contribution in [0.3, 0.4) is 0 Å². The first-order chi connectivity index (χ1) is 9.45. The van der Waals surface area contributed by atoms with Gasteiger partial charge in [0.25, 0.3) is 0 Å². The highest BCUT2D eigenvalue weighted by atomic mass is 32.1. The van der Waals surface area contributed by atoms with E-state index in [1.54, 1.807) is 17.4 Å². The van der Waals surface area contributed by atoms with E-state index in [0.717, 1.165) is 20.8 Å². The fourth-order valence-corrected chi connectivity index (χ4v) is 3.15. The average molecular weight is 283 g/mol. The number of nitrogens with zero attached hydrogens (tertiary/aromatic N) is 1. The maximum atomic E-state index is 10.1. The molecular weight excluding hydrogens is 266 g/mol. The summed E-state index contributed by atoms with van der Waals surface area (Å²) in [5.74, 6) is 0.289. The molecule has 0 aliphatic heterocycles. The number of hydrogen-bond acceptors (Lipinski definition) is 3. The SMILES string of the molecule is CC(C)(C)c1ccc(O)c(-c2nc3ccccc3s2)c1. The van der Waals surface area contributed by atoms with Crippen LogP contribution in [-0.4, -0.2) is 10.1 Å². The lowest BCUT2D eigenvalue weighted by atomic mass is 9.86. The normalized spacial score (nSPS) is 11.9. The van der Waals surface area contributed by atoms with Crippen molar-refractivity contribution in [1.29, 1.82) is 0 Å². The van der Waals surface area contributed by atoms with E-state index in [0.29, 0.717) is 0 Å². The second kappa shape index (κ2) is 4.60. The minimum atomic E-state index is 0.0547. The smallest absolute Gasteiger partial charge is 0.128 e. The van der Waals surface area contributed by atoms with Crippen molar-refractivity contribution in [3.8, 4) is 16.3 Å². The monoisotopic (exact) mass is 283 g/mol. The summed E-state index contributed by atoms with van der Waals surface area (Å²) in [6.45, 7) is 6.50. The van der Waals surface area contributed by atoms with E-state index in [1.165, 1.54) is 5.56 Å². The van der Waals surface area contributed by atoms with Gasteiger partial charge in [-0.2, -0.15) is 0 Å². The first-order valence-electron chi connectivity index (χ1n) is 6.64. The standard InChI is InChI=1S/C17H17NOS/c1-17(2,3)11-8-9-14(19)12(10-11)16-18-13-6-4-5-7-15(13)20-16/h4-10,19H,1-3H3. The molecule has 3 heteroatoms. The molecule has 0 radical (unpaired) electrons. The summed E-state index contributed by atoms with van der Waals surface area (Å²) < 4.78 is 1.14. The highest BCUT2D eigenvalue weighted by Gasteiger charge is 2.17. The van der Waals surface area contributed by atoms with E-state index in [-0.39, 0.29) is 11.2 Å². The van der Waals surface area contributed by atoms with Gasteiger partial charge in [-0.05, 0) is 35.2 Å². The Balaban J connectivity index is 2.17. The Bertz CT molecular complexity index is 735. The molecule has 0 atom stereocenters. The Labute approximate surface area is 122 Å². The number of fused-ring (bicyclic) bond motifs is 1. The Morgan fingerprint density at radius 2 is 1.80 bits per heavy atom. The van der Waals surface area contributed by atoms with Crippen molar-refractivity contribution >= 4 is 21.6 Å². The summed E-state index contributed by atoms with van der Waals surface area (Å²) in [5, 5.41) is 11.0. The molecule has 0 saturated carbocycles. The van der Waals surface area contributed by atoms with Crippen molar-refractivity contribution in [3.05, 3.63) is 48.0 Å². The Kier molecular flexibility index (Phi) is 3.02. The summed E-state index contributed by atoms with van der Waals surface area (Å²) in [6, 6.07) is 13.8.